The topological polar surface area (TPSA) is 77.0 Å². The Hall–Kier alpha value is -1.07. The number of anilines is 1. The highest BCUT2D eigenvalue weighted by molar-refractivity contribution is 14.0. The zero-order valence-corrected chi connectivity index (χ0v) is 20.6. The molecule has 0 saturated carbocycles. The number of sulfonamides is 1. The maximum Gasteiger partial charge on any atom is 0.214 e. The molecule has 1 unspecified atom stereocenters. The van der Waals surface area contributed by atoms with E-state index in [9.17, 15) is 8.42 Å². The predicted molar refractivity (Wildman–Crippen MR) is 131 cm³/mol. The van der Waals surface area contributed by atoms with Crippen molar-refractivity contribution in [1.29, 1.82) is 0 Å². The second kappa shape index (κ2) is 11.4. The van der Waals surface area contributed by atoms with Gasteiger partial charge in [-0.25, -0.2) is 12.7 Å². The highest BCUT2D eigenvalue weighted by atomic mass is 127. The van der Waals surface area contributed by atoms with Crippen molar-refractivity contribution in [3.8, 4) is 0 Å². The van der Waals surface area contributed by atoms with E-state index in [-0.39, 0.29) is 35.8 Å². The van der Waals surface area contributed by atoms with Gasteiger partial charge in [-0.3, -0.25) is 4.99 Å². The van der Waals surface area contributed by atoms with Gasteiger partial charge in [-0.15, -0.1) is 24.0 Å². The summed E-state index contributed by atoms with van der Waals surface area (Å²) < 4.78 is 25.4. The van der Waals surface area contributed by atoms with Gasteiger partial charge in [0.1, 0.15) is 0 Å². The van der Waals surface area contributed by atoms with Crippen molar-refractivity contribution in [2.75, 3.05) is 49.9 Å². The molecule has 0 radical (unpaired) electrons. The molecule has 2 aliphatic heterocycles. The number of aliphatic imine (C=N–C) groups is 1. The van der Waals surface area contributed by atoms with Crippen LogP contribution >= 0.6 is 24.0 Å². The zero-order chi connectivity index (χ0) is 20.0. The lowest BCUT2D eigenvalue weighted by molar-refractivity contribution is 0.452. The van der Waals surface area contributed by atoms with Gasteiger partial charge in [0, 0.05) is 38.4 Å². The Morgan fingerprint density at radius 2 is 1.97 bits per heavy atom. The van der Waals surface area contributed by atoms with E-state index in [4.69, 9.17) is 0 Å². The summed E-state index contributed by atoms with van der Waals surface area (Å²) in [7, 11) is -3.06. The van der Waals surface area contributed by atoms with Gasteiger partial charge in [-0.1, -0.05) is 12.1 Å². The normalized spacial score (nSPS) is 20.3. The third-order valence-electron chi connectivity index (χ3n) is 5.36. The van der Waals surface area contributed by atoms with Gasteiger partial charge < -0.3 is 15.5 Å². The Bertz CT molecular complexity index is 781. The van der Waals surface area contributed by atoms with Crippen molar-refractivity contribution in [2.24, 2.45) is 4.99 Å². The first-order chi connectivity index (χ1) is 13.5. The van der Waals surface area contributed by atoms with E-state index in [1.807, 2.05) is 6.92 Å². The van der Waals surface area contributed by atoms with E-state index in [1.165, 1.54) is 24.1 Å². The first kappa shape index (κ1) is 24.2. The number of nitrogens with one attached hydrogen (secondary N) is 2. The number of rotatable bonds is 7. The number of benzene rings is 1. The minimum absolute atomic E-state index is 0. The lowest BCUT2D eigenvalue weighted by Gasteiger charge is -2.22. The Morgan fingerprint density at radius 1 is 1.21 bits per heavy atom. The van der Waals surface area contributed by atoms with Gasteiger partial charge >= 0.3 is 0 Å². The van der Waals surface area contributed by atoms with Crippen LogP contribution in [-0.2, 0) is 10.0 Å². The molecule has 0 aromatic heterocycles. The van der Waals surface area contributed by atoms with E-state index in [2.05, 4.69) is 51.7 Å². The molecule has 7 nitrogen and oxygen atoms in total. The quantitative estimate of drug-likeness (QED) is 0.319. The Balaban J connectivity index is 0.00000300. The number of hydrogen-bond donors (Lipinski definition) is 2. The third-order valence-corrected chi connectivity index (χ3v) is 7.32. The maximum atomic E-state index is 11.9. The van der Waals surface area contributed by atoms with Crippen LogP contribution < -0.4 is 15.5 Å². The molecule has 164 valence electrons. The molecular weight excluding hydrogens is 501 g/mol. The monoisotopic (exact) mass is 535 g/mol. The Kier molecular flexibility index (Phi) is 9.48. The SMILES string of the molecule is CCNC(=NCCN1CCCS1(=O)=O)NC(C)c1cccc(N2CCCC2)c1.I. The molecule has 3 rings (SSSR count). The van der Waals surface area contributed by atoms with Gasteiger partial charge in [0.05, 0.1) is 18.3 Å². The van der Waals surface area contributed by atoms with Gasteiger partial charge in [0.2, 0.25) is 10.0 Å². The van der Waals surface area contributed by atoms with Gasteiger partial charge in [0.25, 0.3) is 0 Å². The lowest BCUT2D eigenvalue weighted by Crippen LogP contribution is -2.39. The van der Waals surface area contributed by atoms with E-state index < -0.39 is 10.0 Å². The van der Waals surface area contributed by atoms with Crippen LogP contribution in [0.15, 0.2) is 29.3 Å². The van der Waals surface area contributed by atoms with Crippen LogP contribution in [0.25, 0.3) is 0 Å². The fourth-order valence-corrected chi connectivity index (χ4v) is 5.31. The van der Waals surface area contributed by atoms with Gasteiger partial charge in [-0.2, -0.15) is 0 Å². The fourth-order valence-electron chi connectivity index (χ4n) is 3.79. The molecule has 2 saturated heterocycles. The van der Waals surface area contributed by atoms with Crippen LogP contribution in [0, 0.1) is 0 Å². The van der Waals surface area contributed by atoms with Crippen molar-refractivity contribution in [1.82, 2.24) is 14.9 Å². The summed E-state index contributed by atoms with van der Waals surface area (Å²) in [5.41, 5.74) is 2.50. The molecule has 2 aliphatic rings. The highest BCUT2D eigenvalue weighted by Gasteiger charge is 2.27. The summed E-state index contributed by atoms with van der Waals surface area (Å²) in [5.74, 6) is 0.984. The number of halogens is 1. The molecule has 2 fully saturated rings. The molecule has 0 bridgehead atoms. The number of guanidine groups is 1. The Labute approximate surface area is 192 Å². The summed E-state index contributed by atoms with van der Waals surface area (Å²) >= 11 is 0. The lowest BCUT2D eigenvalue weighted by atomic mass is 10.1. The summed E-state index contributed by atoms with van der Waals surface area (Å²) in [6.07, 6.45) is 3.25. The van der Waals surface area contributed by atoms with Crippen molar-refractivity contribution < 1.29 is 8.42 Å². The van der Waals surface area contributed by atoms with E-state index >= 15 is 0 Å². The predicted octanol–water partition coefficient (Wildman–Crippen LogP) is 2.56. The van der Waals surface area contributed by atoms with Crippen LogP contribution in [0.5, 0.6) is 0 Å². The van der Waals surface area contributed by atoms with Crippen molar-refractivity contribution >= 4 is 45.6 Å². The smallest absolute Gasteiger partial charge is 0.214 e. The summed E-state index contributed by atoms with van der Waals surface area (Å²) in [6.45, 7) is 8.69. The minimum atomic E-state index is -3.06. The molecular formula is C20H34IN5O2S. The first-order valence-corrected chi connectivity index (χ1v) is 12.0. The molecule has 0 aliphatic carbocycles. The van der Waals surface area contributed by atoms with E-state index in [1.54, 1.807) is 4.31 Å². The van der Waals surface area contributed by atoms with Crippen LogP contribution in [0.3, 0.4) is 0 Å². The highest BCUT2D eigenvalue weighted by Crippen LogP contribution is 2.24. The largest absolute Gasteiger partial charge is 0.372 e. The van der Waals surface area contributed by atoms with Crippen LogP contribution in [0.1, 0.15) is 44.7 Å². The molecule has 2 heterocycles. The van der Waals surface area contributed by atoms with Crippen molar-refractivity contribution in [3.05, 3.63) is 29.8 Å². The van der Waals surface area contributed by atoms with Crippen LogP contribution in [0.2, 0.25) is 0 Å². The second-order valence-electron chi connectivity index (χ2n) is 7.48. The average molecular weight is 535 g/mol. The number of hydrogen-bond acceptors (Lipinski definition) is 4. The van der Waals surface area contributed by atoms with Crippen LogP contribution in [0.4, 0.5) is 5.69 Å². The molecule has 0 spiro atoms. The Morgan fingerprint density at radius 3 is 2.62 bits per heavy atom. The molecule has 0 amide bonds. The summed E-state index contributed by atoms with van der Waals surface area (Å²) in [6, 6.07) is 8.79. The number of nitrogens with zero attached hydrogens (tertiary/aromatic N) is 3. The molecule has 9 heteroatoms. The average Bonchev–Trinajstić information content (AvgIpc) is 3.32. The summed E-state index contributed by atoms with van der Waals surface area (Å²) in [4.78, 5) is 7.02. The van der Waals surface area contributed by atoms with Crippen molar-refractivity contribution in [3.63, 3.8) is 0 Å². The van der Waals surface area contributed by atoms with Crippen molar-refractivity contribution in [2.45, 2.75) is 39.2 Å². The maximum absolute atomic E-state index is 11.9. The molecule has 1 aromatic rings. The van der Waals surface area contributed by atoms with E-state index in [0.717, 1.165) is 32.0 Å². The van der Waals surface area contributed by atoms with E-state index in [0.29, 0.717) is 19.6 Å². The zero-order valence-electron chi connectivity index (χ0n) is 17.4. The molecule has 29 heavy (non-hydrogen) atoms. The molecule has 2 N–H and O–H groups in total. The summed E-state index contributed by atoms with van der Waals surface area (Å²) in [5, 5.41) is 6.71. The first-order valence-electron chi connectivity index (χ1n) is 10.4. The third kappa shape index (κ3) is 6.71. The molecule has 1 atom stereocenters. The fraction of sp³-hybridized carbons (Fsp3) is 0.650. The standard InChI is InChI=1S/C20H33N5O2S.HI/c1-3-21-20(22-10-14-25-13-7-15-28(25,26)27)23-17(2)18-8-6-9-19(16-18)24-11-4-5-12-24;/h6,8-9,16-17H,3-5,7,10-15H2,1-2H3,(H2,21,22,23);1H. The van der Waals surface area contributed by atoms with Gasteiger partial charge in [-0.05, 0) is 50.8 Å². The van der Waals surface area contributed by atoms with Gasteiger partial charge in [0.15, 0.2) is 5.96 Å². The minimum Gasteiger partial charge on any atom is -0.372 e. The molecule has 1 aromatic carbocycles. The van der Waals surface area contributed by atoms with Crippen LogP contribution in [-0.4, -0.2) is 63.7 Å². The second-order valence-corrected chi connectivity index (χ2v) is 9.57.